The molecule has 0 aromatic carbocycles. The first-order chi connectivity index (χ1) is 5.65. The molecule has 2 N–H and O–H groups in total. The van der Waals surface area contributed by atoms with Crippen LogP contribution in [0.15, 0.2) is 12.3 Å². The molecule has 0 bridgehead atoms. The van der Waals surface area contributed by atoms with Gasteiger partial charge in [-0.25, -0.2) is 0 Å². The molecular weight excluding hydrogens is 180 g/mol. The Morgan fingerprint density at radius 2 is 2.33 bits per heavy atom. The van der Waals surface area contributed by atoms with Crippen LogP contribution in [-0.2, 0) is 7.05 Å². The van der Waals surface area contributed by atoms with Crippen LogP contribution in [0.1, 0.15) is 11.8 Å². The Kier molecular flexibility index (Phi) is 3.08. The average molecular weight is 191 g/mol. The Labute approximate surface area is 75.4 Å². The monoisotopic (exact) mass is 190 g/mol. The molecule has 1 aromatic heterocycles. The van der Waals surface area contributed by atoms with Gasteiger partial charge in [0.25, 0.3) is 0 Å². The number of aliphatic hydroxyl groups excluding tert-OH is 2. The number of aromatic nitrogens is 2. The highest BCUT2D eigenvalue weighted by atomic mass is 35.5. The average Bonchev–Trinajstić information content (AvgIpc) is 2.49. The fraction of sp³-hybridized carbons (Fsp3) is 0.571. The topological polar surface area (TPSA) is 58.3 Å². The molecule has 0 amide bonds. The predicted molar refractivity (Wildman–Crippen MR) is 44.9 cm³/mol. The molecule has 2 unspecified atom stereocenters. The summed E-state index contributed by atoms with van der Waals surface area (Å²) >= 11 is 5.36. The summed E-state index contributed by atoms with van der Waals surface area (Å²) in [6.07, 6.45) is -0.260. The molecule has 0 aliphatic carbocycles. The van der Waals surface area contributed by atoms with Crippen molar-refractivity contribution in [1.29, 1.82) is 0 Å². The molecule has 12 heavy (non-hydrogen) atoms. The normalized spacial score (nSPS) is 16.0. The second-order valence-electron chi connectivity index (χ2n) is 2.58. The van der Waals surface area contributed by atoms with E-state index < -0.39 is 12.2 Å². The predicted octanol–water partition coefficient (Wildman–Crippen LogP) is 0.0532. The lowest BCUT2D eigenvalue weighted by Gasteiger charge is -2.11. The van der Waals surface area contributed by atoms with Crippen LogP contribution in [-0.4, -0.2) is 32.0 Å². The fourth-order valence-corrected chi connectivity index (χ4v) is 1.04. The highest BCUT2D eigenvalue weighted by molar-refractivity contribution is 6.18. The van der Waals surface area contributed by atoms with E-state index in [2.05, 4.69) is 5.10 Å². The Morgan fingerprint density at radius 1 is 1.67 bits per heavy atom. The van der Waals surface area contributed by atoms with Crippen LogP contribution < -0.4 is 0 Å². The van der Waals surface area contributed by atoms with Crippen molar-refractivity contribution in [3.05, 3.63) is 18.0 Å². The molecule has 0 saturated carbocycles. The minimum Gasteiger partial charge on any atom is -0.389 e. The molecule has 0 aliphatic heterocycles. The van der Waals surface area contributed by atoms with Crippen LogP contribution in [0.4, 0.5) is 0 Å². The number of aryl methyl sites for hydroxylation is 1. The zero-order chi connectivity index (χ0) is 9.14. The SMILES string of the molecule is Cn1ccc(C(O)C(O)CCl)n1. The van der Waals surface area contributed by atoms with Gasteiger partial charge in [-0.2, -0.15) is 5.10 Å². The Hall–Kier alpha value is -0.580. The summed E-state index contributed by atoms with van der Waals surface area (Å²) in [5, 5.41) is 22.5. The molecule has 4 nitrogen and oxygen atoms in total. The standard InChI is InChI=1S/C7H11ClN2O2/c1-10-3-2-5(9-10)7(12)6(11)4-8/h2-3,6-7,11-12H,4H2,1H3. The van der Waals surface area contributed by atoms with Crippen molar-refractivity contribution in [2.24, 2.45) is 7.05 Å². The minimum absolute atomic E-state index is 0.00224. The molecule has 1 rings (SSSR count). The van der Waals surface area contributed by atoms with Gasteiger partial charge in [0.2, 0.25) is 0 Å². The van der Waals surface area contributed by atoms with Crippen LogP contribution in [0.3, 0.4) is 0 Å². The Balaban J connectivity index is 2.70. The van der Waals surface area contributed by atoms with E-state index in [0.717, 1.165) is 0 Å². The maximum atomic E-state index is 9.39. The maximum absolute atomic E-state index is 9.39. The van der Waals surface area contributed by atoms with Crippen LogP contribution in [0.25, 0.3) is 0 Å². The molecule has 5 heteroatoms. The van der Waals surface area contributed by atoms with E-state index in [-0.39, 0.29) is 5.88 Å². The third-order valence-electron chi connectivity index (χ3n) is 1.56. The second kappa shape index (κ2) is 3.89. The molecule has 1 aromatic rings. The molecule has 0 spiro atoms. The van der Waals surface area contributed by atoms with Gasteiger partial charge in [-0.3, -0.25) is 4.68 Å². The van der Waals surface area contributed by atoms with Crippen LogP contribution in [0.2, 0.25) is 0 Å². The van der Waals surface area contributed by atoms with E-state index in [1.165, 1.54) is 0 Å². The quantitative estimate of drug-likeness (QED) is 0.663. The molecule has 0 fully saturated rings. The van der Waals surface area contributed by atoms with Gasteiger partial charge in [0, 0.05) is 13.2 Å². The van der Waals surface area contributed by atoms with E-state index >= 15 is 0 Å². The van der Waals surface area contributed by atoms with E-state index in [4.69, 9.17) is 16.7 Å². The summed E-state index contributed by atoms with van der Waals surface area (Å²) < 4.78 is 1.56. The lowest BCUT2D eigenvalue weighted by Crippen LogP contribution is -2.20. The highest BCUT2D eigenvalue weighted by Gasteiger charge is 2.19. The number of hydrogen-bond acceptors (Lipinski definition) is 3. The van der Waals surface area contributed by atoms with E-state index in [1.54, 1.807) is 24.0 Å². The van der Waals surface area contributed by atoms with Crippen molar-refractivity contribution in [2.75, 3.05) is 5.88 Å². The molecular formula is C7H11ClN2O2. The van der Waals surface area contributed by atoms with Crippen molar-refractivity contribution < 1.29 is 10.2 Å². The van der Waals surface area contributed by atoms with Gasteiger partial charge in [0.15, 0.2) is 0 Å². The summed E-state index contributed by atoms with van der Waals surface area (Å²) in [7, 11) is 1.74. The molecule has 68 valence electrons. The van der Waals surface area contributed by atoms with Crippen molar-refractivity contribution >= 4 is 11.6 Å². The summed E-state index contributed by atoms with van der Waals surface area (Å²) in [6.45, 7) is 0. The molecule has 1 heterocycles. The van der Waals surface area contributed by atoms with Gasteiger partial charge in [-0.15, -0.1) is 11.6 Å². The molecule has 2 atom stereocenters. The van der Waals surface area contributed by atoms with Crippen molar-refractivity contribution in [2.45, 2.75) is 12.2 Å². The molecule has 0 radical (unpaired) electrons. The Morgan fingerprint density at radius 3 is 2.75 bits per heavy atom. The van der Waals surface area contributed by atoms with Gasteiger partial charge in [-0.05, 0) is 6.07 Å². The van der Waals surface area contributed by atoms with Gasteiger partial charge in [-0.1, -0.05) is 0 Å². The lowest BCUT2D eigenvalue weighted by atomic mass is 10.2. The first-order valence-electron chi connectivity index (χ1n) is 3.56. The number of alkyl halides is 1. The Bertz CT molecular complexity index is 251. The first kappa shape index (κ1) is 9.51. The highest BCUT2D eigenvalue weighted by Crippen LogP contribution is 2.14. The van der Waals surface area contributed by atoms with Crippen molar-refractivity contribution in [1.82, 2.24) is 9.78 Å². The zero-order valence-electron chi connectivity index (χ0n) is 6.68. The van der Waals surface area contributed by atoms with E-state index in [0.29, 0.717) is 5.69 Å². The number of halogens is 1. The van der Waals surface area contributed by atoms with Crippen molar-refractivity contribution in [3.63, 3.8) is 0 Å². The maximum Gasteiger partial charge on any atom is 0.125 e. The van der Waals surface area contributed by atoms with Gasteiger partial charge in [0.1, 0.15) is 6.10 Å². The van der Waals surface area contributed by atoms with Gasteiger partial charge < -0.3 is 10.2 Å². The van der Waals surface area contributed by atoms with Crippen LogP contribution in [0, 0.1) is 0 Å². The minimum atomic E-state index is -0.997. The van der Waals surface area contributed by atoms with Gasteiger partial charge in [0.05, 0.1) is 17.7 Å². The second-order valence-corrected chi connectivity index (χ2v) is 2.89. The largest absolute Gasteiger partial charge is 0.389 e. The summed E-state index contributed by atoms with van der Waals surface area (Å²) in [6, 6.07) is 1.64. The molecule has 0 aliphatic rings. The summed E-state index contributed by atoms with van der Waals surface area (Å²) in [4.78, 5) is 0. The number of aliphatic hydroxyl groups is 2. The fourth-order valence-electron chi connectivity index (χ4n) is 0.872. The summed E-state index contributed by atoms with van der Waals surface area (Å²) in [5.41, 5.74) is 0.436. The third kappa shape index (κ3) is 1.97. The number of hydrogen-bond donors (Lipinski definition) is 2. The summed E-state index contributed by atoms with van der Waals surface area (Å²) in [5.74, 6) is -0.00224. The molecule has 0 saturated heterocycles. The van der Waals surface area contributed by atoms with Crippen LogP contribution in [0.5, 0.6) is 0 Å². The zero-order valence-corrected chi connectivity index (χ0v) is 7.44. The van der Waals surface area contributed by atoms with Crippen LogP contribution >= 0.6 is 11.6 Å². The lowest BCUT2D eigenvalue weighted by molar-refractivity contribution is 0.0297. The number of rotatable bonds is 3. The van der Waals surface area contributed by atoms with E-state index in [9.17, 15) is 5.11 Å². The third-order valence-corrected chi connectivity index (χ3v) is 1.88. The first-order valence-corrected chi connectivity index (χ1v) is 4.10. The van der Waals surface area contributed by atoms with E-state index in [1.807, 2.05) is 0 Å². The smallest absolute Gasteiger partial charge is 0.125 e. The van der Waals surface area contributed by atoms with Gasteiger partial charge >= 0.3 is 0 Å². The number of nitrogens with zero attached hydrogens (tertiary/aromatic N) is 2. The van der Waals surface area contributed by atoms with Crippen molar-refractivity contribution in [3.8, 4) is 0 Å².